The van der Waals surface area contributed by atoms with Crippen LogP contribution < -0.4 is 10.6 Å². The number of hydrogen-bond donors (Lipinski definition) is 2. The first-order valence-corrected chi connectivity index (χ1v) is 5.58. The first kappa shape index (κ1) is 14.3. The summed E-state index contributed by atoms with van der Waals surface area (Å²) < 4.78 is -1.53. The van der Waals surface area contributed by atoms with E-state index in [9.17, 15) is 4.79 Å². The summed E-state index contributed by atoms with van der Waals surface area (Å²) in [5.74, 6) is -0.231. The summed E-state index contributed by atoms with van der Waals surface area (Å²) >= 11 is 17.0. The van der Waals surface area contributed by atoms with Crippen LogP contribution in [-0.2, 0) is 4.79 Å². The van der Waals surface area contributed by atoms with E-state index in [0.717, 1.165) is 12.8 Å². The average molecular weight is 262 g/mol. The molecule has 0 spiro atoms. The van der Waals surface area contributed by atoms with Gasteiger partial charge in [0.2, 0.25) is 9.70 Å². The Morgan fingerprint density at radius 1 is 1.43 bits per heavy atom. The number of halogens is 3. The van der Waals surface area contributed by atoms with Crippen molar-refractivity contribution in [3.63, 3.8) is 0 Å². The van der Waals surface area contributed by atoms with Gasteiger partial charge in [-0.1, -0.05) is 48.1 Å². The summed E-state index contributed by atoms with van der Waals surface area (Å²) in [5.41, 5.74) is 0. The van der Waals surface area contributed by atoms with Crippen LogP contribution in [0.4, 0.5) is 0 Å². The van der Waals surface area contributed by atoms with Crippen LogP contribution in [0.5, 0.6) is 0 Å². The van der Waals surface area contributed by atoms with Crippen LogP contribution in [-0.4, -0.2) is 22.4 Å². The minimum absolute atomic E-state index is 0.231. The first-order valence-electron chi connectivity index (χ1n) is 4.45. The van der Waals surface area contributed by atoms with Crippen LogP contribution in [0.15, 0.2) is 0 Å². The summed E-state index contributed by atoms with van der Waals surface area (Å²) in [6.45, 7) is 4.14. The largest absolute Gasteiger partial charge is 0.337 e. The van der Waals surface area contributed by atoms with E-state index >= 15 is 0 Å². The van der Waals surface area contributed by atoms with Gasteiger partial charge in [-0.2, -0.15) is 0 Å². The zero-order valence-electron chi connectivity index (χ0n) is 8.24. The number of rotatable bonds is 5. The molecule has 0 saturated carbocycles. The van der Waals surface area contributed by atoms with Crippen molar-refractivity contribution in [2.45, 2.75) is 36.6 Å². The van der Waals surface area contributed by atoms with E-state index in [-0.39, 0.29) is 5.91 Å². The second kappa shape index (κ2) is 6.72. The van der Waals surface area contributed by atoms with Gasteiger partial charge in [0, 0.05) is 6.92 Å². The standard InChI is InChI=1S/C8H15Cl3N2O/c1-3-4-5-12-7(8(9,10)11)13-6(2)14/h7,12H,3-5H2,1-2H3,(H,13,14)/t7-/m0/s1. The highest BCUT2D eigenvalue weighted by atomic mass is 35.6. The molecule has 0 aromatic carbocycles. The molecule has 0 radical (unpaired) electrons. The van der Waals surface area contributed by atoms with E-state index in [1.165, 1.54) is 6.92 Å². The van der Waals surface area contributed by atoms with Crippen molar-refractivity contribution in [2.75, 3.05) is 6.54 Å². The molecule has 0 heterocycles. The normalized spacial score (nSPS) is 13.8. The summed E-state index contributed by atoms with van der Waals surface area (Å²) in [6, 6.07) is 0. The summed E-state index contributed by atoms with van der Waals surface area (Å²) in [6.07, 6.45) is 1.37. The van der Waals surface area contributed by atoms with Crippen molar-refractivity contribution >= 4 is 40.7 Å². The first-order chi connectivity index (χ1) is 6.38. The molecule has 14 heavy (non-hydrogen) atoms. The lowest BCUT2D eigenvalue weighted by Gasteiger charge is -2.25. The Bertz CT molecular complexity index is 182. The molecule has 0 fully saturated rings. The third-order valence-electron chi connectivity index (χ3n) is 1.55. The second-order valence-electron chi connectivity index (χ2n) is 2.98. The van der Waals surface area contributed by atoms with Crippen LogP contribution in [0.1, 0.15) is 26.7 Å². The van der Waals surface area contributed by atoms with Gasteiger partial charge in [-0.15, -0.1) is 0 Å². The van der Waals surface area contributed by atoms with Gasteiger partial charge in [0.1, 0.15) is 6.17 Å². The van der Waals surface area contributed by atoms with Crippen molar-refractivity contribution in [3.8, 4) is 0 Å². The van der Waals surface area contributed by atoms with E-state index in [1.54, 1.807) is 0 Å². The fourth-order valence-electron chi connectivity index (χ4n) is 0.875. The minimum atomic E-state index is -1.53. The van der Waals surface area contributed by atoms with Gasteiger partial charge in [-0.3, -0.25) is 10.1 Å². The summed E-state index contributed by atoms with van der Waals surface area (Å²) in [4.78, 5) is 10.8. The molecule has 0 aliphatic heterocycles. The maximum absolute atomic E-state index is 10.8. The van der Waals surface area contributed by atoms with Crippen molar-refractivity contribution in [1.29, 1.82) is 0 Å². The number of nitrogens with one attached hydrogen (secondary N) is 2. The average Bonchev–Trinajstić information content (AvgIpc) is 2.00. The Kier molecular flexibility index (Phi) is 6.87. The molecular weight excluding hydrogens is 246 g/mol. The smallest absolute Gasteiger partial charge is 0.223 e. The molecule has 0 bridgehead atoms. The molecular formula is C8H15Cl3N2O. The quantitative estimate of drug-likeness (QED) is 0.453. The Hall–Kier alpha value is 0.300. The van der Waals surface area contributed by atoms with E-state index in [2.05, 4.69) is 17.6 Å². The van der Waals surface area contributed by atoms with Gasteiger partial charge in [0.25, 0.3) is 0 Å². The molecule has 6 heteroatoms. The maximum Gasteiger partial charge on any atom is 0.223 e. The highest BCUT2D eigenvalue weighted by Crippen LogP contribution is 2.28. The van der Waals surface area contributed by atoms with Crippen LogP contribution in [0, 0.1) is 0 Å². The Morgan fingerprint density at radius 2 is 2.00 bits per heavy atom. The monoisotopic (exact) mass is 260 g/mol. The highest BCUT2D eigenvalue weighted by molar-refractivity contribution is 6.68. The number of carbonyl (C=O) groups is 1. The zero-order valence-corrected chi connectivity index (χ0v) is 10.5. The lowest BCUT2D eigenvalue weighted by atomic mass is 10.3. The number of carbonyl (C=O) groups excluding carboxylic acids is 1. The molecule has 2 N–H and O–H groups in total. The fraction of sp³-hybridized carbons (Fsp3) is 0.875. The molecule has 0 aromatic rings. The summed E-state index contributed by atoms with van der Waals surface area (Å²) in [5, 5.41) is 5.50. The van der Waals surface area contributed by atoms with Gasteiger partial charge in [-0.05, 0) is 13.0 Å². The fourth-order valence-corrected chi connectivity index (χ4v) is 1.27. The molecule has 0 saturated heterocycles. The SMILES string of the molecule is CCCCN[C@@H](NC(C)=O)C(Cl)(Cl)Cl. The van der Waals surface area contributed by atoms with E-state index < -0.39 is 9.96 Å². The molecule has 1 amide bonds. The number of amides is 1. The van der Waals surface area contributed by atoms with Crippen LogP contribution in [0.3, 0.4) is 0 Å². The van der Waals surface area contributed by atoms with Crippen molar-refractivity contribution in [1.82, 2.24) is 10.6 Å². The Morgan fingerprint density at radius 3 is 2.36 bits per heavy atom. The van der Waals surface area contributed by atoms with Gasteiger partial charge < -0.3 is 5.32 Å². The molecule has 0 rings (SSSR count). The number of unbranched alkanes of at least 4 members (excludes halogenated alkanes) is 1. The van der Waals surface area contributed by atoms with Gasteiger partial charge in [-0.25, -0.2) is 0 Å². The lowest BCUT2D eigenvalue weighted by Crippen LogP contribution is -2.53. The highest BCUT2D eigenvalue weighted by Gasteiger charge is 2.32. The summed E-state index contributed by atoms with van der Waals surface area (Å²) in [7, 11) is 0. The number of hydrogen-bond acceptors (Lipinski definition) is 2. The Balaban J connectivity index is 4.05. The number of alkyl halides is 3. The van der Waals surface area contributed by atoms with Crippen molar-refractivity contribution < 1.29 is 4.79 Å². The van der Waals surface area contributed by atoms with Gasteiger partial charge in [0.15, 0.2) is 0 Å². The molecule has 0 unspecified atom stereocenters. The second-order valence-corrected chi connectivity index (χ2v) is 5.35. The Labute approximate surface area is 99.5 Å². The third kappa shape index (κ3) is 6.71. The predicted molar refractivity (Wildman–Crippen MR) is 60.8 cm³/mol. The van der Waals surface area contributed by atoms with Crippen LogP contribution in [0.25, 0.3) is 0 Å². The minimum Gasteiger partial charge on any atom is -0.337 e. The predicted octanol–water partition coefficient (Wildman–Crippen LogP) is 2.21. The molecule has 0 aliphatic rings. The lowest BCUT2D eigenvalue weighted by molar-refractivity contribution is -0.119. The third-order valence-corrected chi connectivity index (χ3v) is 2.21. The van der Waals surface area contributed by atoms with Gasteiger partial charge in [0.05, 0.1) is 0 Å². The van der Waals surface area contributed by atoms with Crippen molar-refractivity contribution in [2.24, 2.45) is 0 Å². The van der Waals surface area contributed by atoms with Crippen LogP contribution in [0.2, 0.25) is 0 Å². The van der Waals surface area contributed by atoms with Gasteiger partial charge >= 0.3 is 0 Å². The molecule has 84 valence electrons. The maximum atomic E-state index is 10.8. The van der Waals surface area contributed by atoms with E-state index in [1.807, 2.05) is 0 Å². The molecule has 0 aromatic heterocycles. The molecule has 0 aliphatic carbocycles. The molecule has 1 atom stereocenters. The molecule has 3 nitrogen and oxygen atoms in total. The topological polar surface area (TPSA) is 41.1 Å². The van der Waals surface area contributed by atoms with Crippen molar-refractivity contribution in [3.05, 3.63) is 0 Å². The van der Waals surface area contributed by atoms with Crippen LogP contribution >= 0.6 is 34.8 Å². The zero-order chi connectivity index (χ0) is 11.2. The van der Waals surface area contributed by atoms with E-state index in [4.69, 9.17) is 34.8 Å². The van der Waals surface area contributed by atoms with E-state index in [0.29, 0.717) is 6.54 Å².